The Kier molecular flexibility index (Phi) is 5.12. The molecular formula is C20H17N3O4S. The summed E-state index contributed by atoms with van der Waals surface area (Å²) < 4.78 is 16.2. The second-order valence-electron chi connectivity index (χ2n) is 6.10. The lowest BCUT2D eigenvalue weighted by molar-refractivity contribution is 0.0435. The van der Waals surface area contributed by atoms with Gasteiger partial charge < -0.3 is 13.7 Å². The Morgan fingerprint density at radius 3 is 2.82 bits per heavy atom. The number of para-hydroxylation sites is 2. The van der Waals surface area contributed by atoms with Crippen molar-refractivity contribution >= 4 is 28.8 Å². The summed E-state index contributed by atoms with van der Waals surface area (Å²) in [4.78, 5) is 21.2. The Morgan fingerprint density at radius 2 is 2.04 bits per heavy atom. The summed E-state index contributed by atoms with van der Waals surface area (Å²) >= 11 is 1.44. The molecule has 0 fully saturated rings. The van der Waals surface area contributed by atoms with Gasteiger partial charge in [0, 0.05) is 17.5 Å². The van der Waals surface area contributed by atoms with Crippen molar-refractivity contribution in [3.63, 3.8) is 0 Å². The highest BCUT2D eigenvalue weighted by molar-refractivity contribution is 7.98. The molecule has 3 aromatic heterocycles. The lowest BCUT2D eigenvalue weighted by Crippen LogP contribution is -2.08. The third-order valence-electron chi connectivity index (χ3n) is 4.19. The van der Waals surface area contributed by atoms with E-state index in [1.54, 1.807) is 18.3 Å². The number of benzene rings is 1. The first-order chi connectivity index (χ1) is 13.6. The van der Waals surface area contributed by atoms with E-state index in [4.69, 9.17) is 13.7 Å². The van der Waals surface area contributed by atoms with Crippen molar-refractivity contribution in [2.75, 3.05) is 0 Å². The fourth-order valence-electron chi connectivity index (χ4n) is 2.70. The van der Waals surface area contributed by atoms with Crippen LogP contribution in [-0.2, 0) is 17.1 Å². The largest absolute Gasteiger partial charge is 0.452 e. The summed E-state index contributed by atoms with van der Waals surface area (Å²) in [6.45, 7) is 3.71. The summed E-state index contributed by atoms with van der Waals surface area (Å²) in [5.74, 6) is 1.24. The van der Waals surface area contributed by atoms with Gasteiger partial charge in [-0.05, 0) is 38.1 Å². The molecule has 0 aliphatic rings. The van der Waals surface area contributed by atoms with Gasteiger partial charge in [-0.2, -0.15) is 0 Å². The minimum Gasteiger partial charge on any atom is -0.452 e. The SMILES string of the molecule is Cc1noc(C)c1CSc1ncccc1C(=O)OCc1nc2ccccc2o1. The maximum Gasteiger partial charge on any atom is 0.341 e. The Morgan fingerprint density at radius 1 is 1.18 bits per heavy atom. The molecule has 0 radical (unpaired) electrons. The summed E-state index contributed by atoms with van der Waals surface area (Å²) in [5, 5.41) is 4.54. The molecule has 7 nitrogen and oxygen atoms in total. The highest BCUT2D eigenvalue weighted by Crippen LogP contribution is 2.27. The van der Waals surface area contributed by atoms with Crippen molar-refractivity contribution in [1.29, 1.82) is 0 Å². The van der Waals surface area contributed by atoms with Gasteiger partial charge in [-0.15, -0.1) is 11.8 Å². The number of aryl methyl sites for hydroxylation is 2. The molecule has 4 aromatic rings. The zero-order valence-corrected chi connectivity index (χ0v) is 16.2. The third-order valence-corrected chi connectivity index (χ3v) is 5.22. The van der Waals surface area contributed by atoms with E-state index in [-0.39, 0.29) is 6.61 Å². The molecule has 0 aliphatic heterocycles. The van der Waals surface area contributed by atoms with Crippen LogP contribution in [0.3, 0.4) is 0 Å². The average molecular weight is 395 g/mol. The van der Waals surface area contributed by atoms with Gasteiger partial charge in [-0.3, -0.25) is 0 Å². The molecule has 28 heavy (non-hydrogen) atoms. The molecule has 0 saturated carbocycles. The van der Waals surface area contributed by atoms with Crippen LogP contribution in [-0.4, -0.2) is 21.1 Å². The Balaban J connectivity index is 1.45. The second kappa shape index (κ2) is 7.85. The van der Waals surface area contributed by atoms with E-state index in [1.165, 1.54) is 11.8 Å². The highest BCUT2D eigenvalue weighted by Gasteiger charge is 2.17. The summed E-state index contributed by atoms with van der Waals surface area (Å²) in [6, 6.07) is 10.8. The van der Waals surface area contributed by atoms with Crippen LogP contribution in [0.1, 0.15) is 33.3 Å². The molecule has 0 spiro atoms. The molecule has 0 N–H and O–H groups in total. The number of pyridine rings is 1. The summed E-state index contributed by atoms with van der Waals surface area (Å²) in [7, 11) is 0. The minimum absolute atomic E-state index is 0.0453. The molecule has 0 amide bonds. The summed E-state index contributed by atoms with van der Waals surface area (Å²) in [5.41, 5.74) is 3.62. The molecule has 0 saturated heterocycles. The number of nitrogens with zero attached hydrogens (tertiary/aromatic N) is 3. The molecule has 0 bridgehead atoms. The van der Waals surface area contributed by atoms with E-state index in [2.05, 4.69) is 15.1 Å². The van der Waals surface area contributed by atoms with Crippen LogP contribution in [0.25, 0.3) is 11.1 Å². The molecular weight excluding hydrogens is 378 g/mol. The van der Waals surface area contributed by atoms with Gasteiger partial charge >= 0.3 is 5.97 Å². The average Bonchev–Trinajstić information content (AvgIpc) is 3.27. The number of hydrogen-bond acceptors (Lipinski definition) is 8. The number of rotatable bonds is 6. The number of hydrogen-bond donors (Lipinski definition) is 0. The normalized spacial score (nSPS) is 11.1. The van der Waals surface area contributed by atoms with Gasteiger partial charge in [0.05, 0.1) is 11.3 Å². The van der Waals surface area contributed by atoms with Crippen molar-refractivity contribution in [1.82, 2.24) is 15.1 Å². The lowest BCUT2D eigenvalue weighted by Gasteiger charge is -2.07. The number of carbonyl (C=O) groups excluding carboxylic acids is 1. The van der Waals surface area contributed by atoms with E-state index >= 15 is 0 Å². The lowest BCUT2D eigenvalue weighted by atomic mass is 10.2. The Labute approximate surface area is 165 Å². The van der Waals surface area contributed by atoms with Gasteiger partial charge in [0.2, 0.25) is 5.89 Å². The van der Waals surface area contributed by atoms with Crippen molar-refractivity contribution in [2.45, 2.75) is 31.2 Å². The quantitative estimate of drug-likeness (QED) is 0.349. The predicted molar refractivity (Wildman–Crippen MR) is 103 cm³/mol. The molecule has 4 rings (SSSR count). The summed E-state index contributed by atoms with van der Waals surface area (Å²) in [6.07, 6.45) is 1.65. The maximum atomic E-state index is 12.6. The zero-order valence-electron chi connectivity index (χ0n) is 15.3. The fourth-order valence-corrected chi connectivity index (χ4v) is 3.83. The molecule has 8 heteroatoms. The van der Waals surface area contributed by atoms with E-state index in [0.29, 0.717) is 27.8 Å². The van der Waals surface area contributed by atoms with Crippen LogP contribution in [0.2, 0.25) is 0 Å². The number of aromatic nitrogens is 3. The first kappa shape index (κ1) is 18.2. The van der Waals surface area contributed by atoms with E-state index in [1.807, 2.05) is 38.1 Å². The van der Waals surface area contributed by atoms with Gasteiger partial charge in [0.1, 0.15) is 16.3 Å². The number of ether oxygens (including phenoxy) is 1. The second-order valence-corrected chi connectivity index (χ2v) is 7.06. The van der Waals surface area contributed by atoms with E-state index < -0.39 is 5.97 Å². The molecule has 0 unspecified atom stereocenters. The monoisotopic (exact) mass is 395 g/mol. The fraction of sp³-hybridized carbons (Fsp3) is 0.200. The van der Waals surface area contributed by atoms with Gasteiger partial charge in [0.15, 0.2) is 12.2 Å². The van der Waals surface area contributed by atoms with Crippen LogP contribution >= 0.6 is 11.8 Å². The standard InChI is InChI=1S/C20H17N3O4S/c1-12-15(13(2)27-23-12)11-28-19-14(6-5-9-21-19)20(24)25-10-18-22-16-7-3-4-8-17(16)26-18/h3-9H,10-11H2,1-2H3. The topological polar surface area (TPSA) is 91.2 Å². The highest BCUT2D eigenvalue weighted by atomic mass is 32.2. The van der Waals surface area contributed by atoms with E-state index in [0.717, 1.165) is 22.5 Å². The number of oxazole rings is 1. The number of thioether (sulfide) groups is 1. The first-order valence-corrected chi connectivity index (χ1v) is 9.61. The van der Waals surface area contributed by atoms with Crippen LogP contribution < -0.4 is 0 Å². The number of fused-ring (bicyclic) bond motifs is 1. The zero-order chi connectivity index (χ0) is 19.5. The van der Waals surface area contributed by atoms with Gasteiger partial charge in [0.25, 0.3) is 0 Å². The molecule has 0 aliphatic carbocycles. The molecule has 0 atom stereocenters. The molecule has 142 valence electrons. The predicted octanol–water partition coefficient (Wildman–Crippen LogP) is 4.48. The van der Waals surface area contributed by atoms with Crippen molar-refractivity contribution in [3.05, 3.63) is 71.1 Å². The van der Waals surface area contributed by atoms with Crippen molar-refractivity contribution in [3.8, 4) is 0 Å². The first-order valence-electron chi connectivity index (χ1n) is 8.63. The third kappa shape index (κ3) is 3.77. The Bertz CT molecular complexity index is 1080. The smallest absolute Gasteiger partial charge is 0.341 e. The molecule has 3 heterocycles. The minimum atomic E-state index is -0.475. The van der Waals surface area contributed by atoms with Gasteiger partial charge in [-0.1, -0.05) is 17.3 Å². The number of esters is 1. The number of carbonyl (C=O) groups is 1. The van der Waals surface area contributed by atoms with Gasteiger partial charge in [-0.25, -0.2) is 14.8 Å². The van der Waals surface area contributed by atoms with Crippen LogP contribution in [0.4, 0.5) is 0 Å². The van der Waals surface area contributed by atoms with Crippen LogP contribution in [0, 0.1) is 13.8 Å². The van der Waals surface area contributed by atoms with Crippen LogP contribution in [0.5, 0.6) is 0 Å². The van der Waals surface area contributed by atoms with Crippen LogP contribution in [0.15, 0.2) is 56.6 Å². The maximum absolute atomic E-state index is 12.6. The van der Waals surface area contributed by atoms with E-state index in [9.17, 15) is 4.79 Å². The van der Waals surface area contributed by atoms with Crippen molar-refractivity contribution < 1.29 is 18.5 Å². The molecule has 1 aromatic carbocycles. The van der Waals surface area contributed by atoms with Crippen molar-refractivity contribution in [2.24, 2.45) is 0 Å². The Hall–Kier alpha value is -3.13.